The Bertz CT molecular complexity index is 1030. The minimum Gasteiger partial charge on any atom is -0.346 e. The van der Waals surface area contributed by atoms with E-state index in [-0.39, 0.29) is 11.8 Å². The van der Waals surface area contributed by atoms with Gasteiger partial charge >= 0.3 is 0 Å². The number of thiophene rings is 1. The molecule has 0 spiro atoms. The van der Waals surface area contributed by atoms with Crippen LogP contribution in [0, 0.1) is 0 Å². The first-order valence-corrected chi connectivity index (χ1v) is 11.2. The number of hydrogen-bond acceptors (Lipinski definition) is 4. The summed E-state index contributed by atoms with van der Waals surface area (Å²) in [4.78, 5) is 29.9. The summed E-state index contributed by atoms with van der Waals surface area (Å²) in [6, 6.07) is 9.30. The fourth-order valence-electron chi connectivity index (χ4n) is 3.60. The zero-order valence-corrected chi connectivity index (χ0v) is 18.1. The minimum absolute atomic E-state index is 0.215. The number of imidazole rings is 1. The maximum Gasteiger partial charge on any atom is 0.256 e. The van der Waals surface area contributed by atoms with Gasteiger partial charge in [-0.15, -0.1) is 11.3 Å². The first kappa shape index (κ1) is 20.3. The number of hydrogen-bond donors (Lipinski definition) is 2. The van der Waals surface area contributed by atoms with Gasteiger partial charge in [-0.25, -0.2) is 4.98 Å². The number of carbonyl (C=O) groups is 2. The summed E-state index contributed by atoms with van der Waals surface area (Å²) in [5.74, 6) is 1.07. The van der Waals surface area contributed by atoms with Gasteiger partial charge in [0.2, 0.25) is 0 Å². The van der Waals surface area contributed by atoms with Crippen LogP contribution in [0.2, 0.25) is 0 Å². The summed E-state index contributed by atoms with van der Waals surface area (Å²) < 4.78 is 2.17. The lowest BCUT2D eigenvalue weighted by atomic mass is 10.0. The van der Waals surface area contributed by atoms with E-state index >= 15 is 0 Å². The molecule has 3 aromatic rings. The van der Waals surface area contributed by atoms with Gasteiger partial charge in [-0.05, 0) is 47.9 Å². The van der Waals surface area contributed by atoms with Crippen molar-refractivity contribution >= 4 is 28.2 Å². The highest BCUT2D eigenvalue weighted by molar-refractivity contribution is 7.14. The second-order valence-electron chi connectivity index (χ2n) is 7.88. The van der Waals surface area contributed by atoms with E-state index < -0.39 is 0 Å². The lowest BCUT2D eigenvalue weighted by molar-refractivity contribution is 0.0951. The number of aromatic nitrogens is 2. The second kappa shape index (κ2) is 8.83. The average Bonchev–Trinajstić information content (AvgIpc) is 3.38. The Labute approximate surface area is 180 Å². The molecule has 156 valence electrons. The molecule has 0 bridgehead atoms. The average molecular weight is 423 g/mol. The van der Waals surface area contributed by atoms with Crippen molar-refractivity contribution in [2.24, 2.45) is 0 Å². The molecule has 30 heavy (non-hydrogen) atoms. The van der Waals surface area contributed by atoms with Crippen molar-refractivity contribution in [1.29, 1.82) is 0 Å². The molecule has 1 aliphatic heterocycles. The van der Waals surface area contributed by atoms with E-state index in [1.165, 1.54) is 29.7 Å². The predicted octanol–water partition coefficient (Wildman–Crippen LogP) is 4.59. The summed E-state index contributed by atoms with van der Waals surface area (Å²) >= 11 is 1.34. The van der Waals surface area contributed by atoms with Crippen molar-refractivity contribution in [3.8, 4) is 0 Å². The quantitative estimate of drug-likeness (QED) is 0.610. The van der Waals surface area contributed by atoms with Crippen LogP contribution in [0.1, 0.15) is 70.4 Å². The number of nitrogens with zero attached hydrogens (tertiary/aromatic N) is 2. The Morgan fingerprint density at radius 3 is 2.67 bits per heavy atom. The van der Waals surface area contributed by atoms with Crippen molar-refractivity contribution in [2.75, 3.05) is 5.32 Å². The van der Waals surface area contributed by atoms with E-state index in [4.69, 9.17) is 0 Å². The van der Waals surface area contributed by atoms with Crippen LogP contribution in [0.15, 0.2) is 41.9 Å². The summed E-state index contributed by atoms with van der Waals surface area (Å²) in [6.07, 6.45) is 5.35. The molecule has 0 unspecified atom stereocenters. The van der Waals surface area contributed by atoms with Gasteiger partial charge in [-0.1, -0.05) is 26.0 Å². The van der Waals surface area contributed by atoms with Crippen molar-refractivity contribution < 1.29 is 9.59 Å². The Balaban J connectivity index is 1.39. The molecular formula is C23H26N4O2S. The highest BCUT2D eigenvalue weighted by atomic mass is 32.1. The summed E-state index contributed by atoms with van der Waals surface area (Å²) in [6.45, 7) is 5.60. The molecule has 0 fully saturated rings. The zero-order chi connectivity index (χ0) is 21.1. The SMILES string of the molecule is CC(C)c1ccc(C(=O)Nc2sccc2C(=O)NCc2cn3c(n2)CCCC3)cc1. The monoisotopic (exact) mass is 422 g/mol. The van der Waals surface area contributed by atoms with Gasteiger partial charge < -0.3 is 15.2 Å². The number of amides is 2. The molecule has 0 saturated carbocycles. The summed E-state index contributed by atoms with van der Waals surface area (Å²) in [5, 5.41) is 8.16. The molecule has 1 aliphatic rings. The largest absolute Gasteiger partial charge is 0.346 e. The van der Waals surface area contributed by atoms with Gasteiger partial charge in [0.05, 0.1) is 17.8 Å². The van der Waals surface area contributed by atoms with E-state index in [2.05, 4.69) is 34.0 Å². The van der Waals surface area contributed by atoms with Crippen molar-refractivity contribution in [1.82, 2.24) is 14.9 Å². The number of anilines is 1. The number of rotatable bonds is 6. The van der Waals surface area contributed by atoms with Crippen LogP contribution in [-0.2, 0) is 19.5 Å². The fraction of sp³-hybridized carbons (Fsp3) is 0.348. The molecule has 3 heterocycles. The molecule has 0 saturated heterocycles. The number of fused-ring (bicyclic) bond motifs is 1. The first-order valence-electron chi connectivity index (χ1n) is 10.3. The lowest BCUT2D eigenvalue weighted by Gasteiger charge is -2.11. The van der Waals surface area contributed by atoms with Crippen molar-refractivity contribution in [3.63, 3.8) is 0 Å². The molecule has 4 rings (SSSR count). The first-order chi connectivity index (χ1) is 14.5. The number of nitrogens with one attached hydrogen (secondary N) is 2. The van der Waals surface area contributed by atoms with Crippen molar-refractivity contribution in [3.05, 3.63) is 70.1 Å². The maximum atomic E-state index is 12.7. The Kier molecular flexibility index (Phi) is 5.99. The van der Waals surface area contributed by atoms with E-state index in [1.807, 2.05) is 35.8 Å². The summed E-state index contributed by atoms with van der Waals surface area (Å²) in [5.41, 5.74) is 3.09. The van der Waals surface area contributed by atoms with Crippen LogP contribution in [0.3, 0.4) is 0 Å². The maximum absolute atomic E-state index is 12.7. The van der Waals surface area contributed by atoms with Gasteiger partial charge in [-0.2, -0.15) is 0 Å². The van der Waals surface area contributed by atoms with Gasteiger partial charge in [0, 0.05) is 24.7 Å². The Morgan fingerprint density at radius 1 is 1.13 bits per heavy atom. The van der Waals surface area contributed by atoms with E-state index in [0.717, 1.165) is 24.5 Å². The van der Waals surface area contributed by atoms with Crippen molar-refractivity contribution in [2.45, 2.75) is 52.1 Å². The topological polar surface area (TPSA) is 76.0 Å². The van der Waals surface area contributed by atoms with E-state index in [9.17, 15) is 9.59 Å². The van der Waals surface area contributed by atoms with Crippen LogP contribution in [-0.4, -0.2) is 21.4 Å². The van der Waals surface area contributed by atoms with Crippen LogP contribution in [0.4, 0.5) is 5.00 Å². The number of carbonyl (C=O) groups excluding carboxylic acids is 2. The molecule has 1 aromatic carbocycles. The third-order valence-corrected chi connectivity index (χ3v) is 6.19. The van der Waals surface area contributed by atoms with Crippen LogP contribution in [0.25, 0.3) is 0 Å². The predicted molar refractivity (Wildman–Crippen MR) is 119 cm³/mol. The third kappa shape index (κ3) is 4.46. The molecule has 0 aliphatic carbocycles. The summed E-state index contributed by atoms with van der Waals surface area (Å²) in [7, 11) is 0. The van der Waals surface area contributed by atoms with Crippen LogP contribution < -0.4 is 10.6 Å². The standard InChI is InChI=1S/C23H26N4O2S/c1-15(2)16-6-8-17(9-7-16)21(28)26-23-19(10-12-30-23)22(29)24-13-18-14-27-11-4-3-5-20(27)25-18/h6-10,12,14-15H,3-5,11,13H2,1-2H3,(H,24,29)(H,26,28). The molecule has 6 nitrogen and oxygen atoms in total. The smallest absolute Gasteiger partial charge is 0.256 e. The minimum atomic E-state index is -0.219. The van der Waals surface area contributed by atoms with Crippen LogP contribution >= 0.6 is 11.3 Å². The molecule has 2 N–H and O–H groups in total. The third-order valence-electron chi connectivity index (χ3n) is 5.36. The Hall–Kier alpha value is -2.93. The molecule has 2 aromatic heterocycles. The highest BCUT2D eigenvalue weighted by Crippen LogP contribution is 2.24. The Morgan fingerprint density at radius 2 is 1.93 bits per heavy atom. The molecule has 0 atom stereocenters. The molecule has 0 radical (unpaired) electrons. The second-order valence-corrected chi connectivity index (χ2v) is 8.79. The van der Waals surface area contributed by atoms with Gasteiger partial charge in [0.25, 0.3) is 11.8 Å². The zero-order valence-electron chi connectivity index (χ0n) is 17.3. The molecule has 7 heteroatoms. The van der Waals surface area contributed by atoms with Gasteiger partial charge in [0.1, 0.15) is 10.8 Å². The van der Waals surface area contributed by atoms with E-state index in [1.54, 1.807) is 6.07 Å². The highest BCUT2D eigenvalue weighted by Gasteiger charge is 2.17. The molecule has 2 amide bonds. The molecular weight excluding hydrogens is 396 g/mol. The fourth-order valence-corrected chi connectivity index (χ4v) is 4.38. The lowest BCUT2D eigenvalue weighted by Crippen LogP contribution is -2.24. The van der Waals surface area contributed by atoms with E-state index in [0.29, 0.717) is 28.6 Å². The van der Waals surface area contributed by atoms with Gasteiger partial charge in [-0.3, -0.25) is 9.59 Å². The normalized spacial score (nSPS) is 13.2. The number of aryl methyl sites for hydroxylation is 2. The number of benzene rings is 1. The van der Waals surface area contributed by atoms with Crippen LogP contribution in [0.5, 0.6) is 0 Å². The van der Waals surface area contributed by atoms with Gasteiger partial charge in [0.15, 0.2) is 0 Å².